The van der Waals surface area contributed by atoms with E-state index in [0.29, 0.717) is 0 Å². The van der Waals surface area contributed by atoms with Gasteiger partial charge in [0.05, 0.1) is 6.04 Å². The summed E-state index contributed by atoms with van der Waals surface area (Å²) in [6.07, 6.45) is 2.93. The van der Waals surface area contributed by atoms with Crippen LogP contribution in [0.5, 0.6) is 0 Å². The van der Waals surface area contributed by atoms with Crippen molar-refractivity contribution in [3.05, 3.63) is 36.3 Å². The number of nitrogens with one attached hydrogen (secondary N) is 1. The fraction of sp³-hybridized carbons (Fsp3) is 0.538. The van der Waals surface area contributed by atoms with E-state index in [0.717, 1.165) is 44.1 Å². The standard InChI is InChI=1S/C13H20N2O.2ClH/c1-3-11-5-6-13(16-11)12(4-2)15-9-7-14-8-10-15;;/h4-6,12,14H,2-3,7-10H2,1H3;2*1H/t12-;;/m0../s1. The van der Waals surface area contributed by atoms with Crippen LogP contribution in [0.1, 0.15) is 24.5 Å². The number of furan rings is 1. The minimum Gasteiger partial charge on any atom is -0.464 e. The average molecular weight is 293 g/mol. The molecular weight excluding hydrogens is 271 g/mol. The molecule has 0 saturated carbocycles. The summed E-state index contributed by atoms with van der Waals surface area (Å²) in [6.45, 7) is 10.2. The van der Waals surface area contributed by atoms with Crippen LogP contribution in [0.25, 0.3) is 0 Å². The van der Waals surface area contributed by atoms with E-state index in [2.05, 4.69) is 35.9 Å². The van der Waals surface area contributed by atoms with Crippen LogP contribution < -0.4 is 5.32 Å². The normalized spacial score (nSPS) is 17.4. The molecule has 0 radical (unpaired) electrons. The summed E-state index contributed by atoms with van der Waals surface area (Å²) in [5, 5.41) is 3.35. The largest absolute Gasteiger partial charge is 0.464 e. The van der Waals surface area contributed by atoms with E-state index in [4.69, 9.17) is 4.42 Å². The molecule has 1 aromatic heterocycles. The Bertz CT molecular complexity index is 349. The zero-order valence-corrected chi connectivity index (χ0v) is 12.4. The molecule has 1 aromatic rings. The smallest absolute Gasteiger partial charge is 0.125 e. The third-order valence-corrected chi connectivity index (χ3v) is 3.09. The summed E-state index contributed by atoms with van der Waals surface area (Å²) < 4.78 is 5.81. The number of rotatable bonds is 4. The zero-order valence-electron chi connectivity index (χ0n) is 10.7. The van der Waals surface area contributed by atoms with E-state index < -0.39 is 0 Å². The Kier molecular flexibility index (Phi) is 8.36. The molecule has 104 valence electrons. The first kappa shape index (κ1) is 17.5. The van der Waals surface area contributed by atoms with Crippen LogP contribution in [-0.4, -0.2) is 31.1 Å². The van der Waals surface area contributed by atoms with Crippen molar-refractivity contribution in [2.24, 2.45) is 0 Å². The summed E-state index contributed by atoms with van der Waals surface area (Å²) >= 11 is 0. The molecule has 0 amide bonds. The van der Waals surface area contributed by atoms with Crippen LogP contribution in [0.15, 0.2) is 29.2 Å². The first-order chi connectivity index (χ1) is 7.85. The van der Waals surface area contributed by atoms with Crippen molar-refractivity contribution in [2.75, 3.05) is 26.2 Å². The third-order valence-electron chi connectivity index (χ3n) is 3.09. The van der Waals surface area contributed by atoms with Gasteiger partial charge in [0.15, 0.2) is 0 Å². The highest BCUT2D eigenvalue weighted by atomic mass is 35.5. The molecule has 1 N–H and O–H groups in total. The molecule has 1 fully saturated rings. The predicted molar refractivity (Wildman–Crippen MR) is 80.0 cm³/mol. The highest BCUT2D eigenvalue weighted by Gasteiger charge is 2.21. The second kappa shape index (κ2) is 8.59. The molecule has 0 unspecified atom stereocenters. The van der Waals surface area contributed by atoms with Crippen molar-refractivity contribution in [1.29, 1.82) is 0 Å². The van der Waals surface area contributed by atoms with Gasteiger partial charge in [-0.1, -0.05) is 13.0 Å². The Labute approximate surface area is 121 Å². The van der Waals surface area contributed by atoms with Gasteiger partial charge < -0.3 is 9.73 Å². The number of hydrogen-bond acceptors (Lipinski definition) is 3. The zero-order chi connectivity index (χ0) is 11.4. The van der Waals surface area contributed by atoms with Gasteiger partial charge in [-0.05, 0) is 12.1 Å². The number of nitrogens with zero attached hydrogens (tertiary/aromatic N) is 1. The Hall–Kier alpha value is -0.480. The summed E-state index contributed by atoms with van der Waals surface area (Å²) in [4.78, 5) is 2.40. The Morgan fingerprint density at radius 1 is 1.39 bits per heavy atom. The van der Waals surface area contributed by atoms with Gasteiger partial charge in [0.2, 0.25) is 0 Å². The van der Waals surface area contributed by atoms with Crippen LogP contribution in [0, 0.1) is 0 Å². The van der Waals surface area contributed by atoms with Gasteiger partial charge >= 0.3 is 0 Å². The lowest BCUT2D eigenvalue weighted by atomic mass is 10.1. The van der Waals surface area contributed by atoms with E-state index in [1.54, 1.807) is 0 Å². The second-order valence-corrected chi connectivity index (χ2v) is 4.12. The maximum Gasteiger partial charge on any atom is 0.125 e. The Morgan fingerprint density at radius 2 is 2.06 bits per heavy atom. The average Bonchev–Trinajstić information content (AvgIpc) is 2.80. The van der Waals surface area contributed by atoms with Crippen molar-refractivity contribution in [3.63, 3.8) is 0 Å². The molecule has 0 spiro atoms. The Morgan fingerprint density at radius 3 is 2.56 bits per heavy atom. The van der Waals surface area contributed by atoms with Gasteiger partial charge in [-0.15, -0.1) is 31.4 Å². The van der Waals surface area contributed by atoms with Gasteiger partial charge in [0.25, 0.3) is 0 Å². The van der Waals surface area contributed by atoms with Gasteiger partial charge in [-0.25, -0.2) is 0 Å². The van der Waals surface area contributed by atoms with Crippen molar-refractivity contribution in [1.82, 2.24) is 10.2 Å². The van der Waals surface area contributed by atoms with Crippen LogP contribution in [0.4, 0.5) is 0 Å². The number of halogens is 2. The van der Waals surface area contributed by atoms with Crippen LogP contribution in [-0.2, 0) is 6.42 Å². The molecule has 0 bridgehead atoms. The predicted octanol–water partition coefficient (Wildman–Crippen LogP) is 2.82. The maximum absolute atomic E-state index is 5.81. The summed E-state index contributed by atoms with van der Waals surface area (Å²) in [7, 11) is 0. The highest BCUT2D eigenvalue weighted by molar-refractivity contribution is 5.85. The van der Waals surface area contributed by atoms with Crippen molar-refractivity contribution in [3.8, 4) is 0 Å². The first-order valence-corrected chi connectivity index (χ1v) is 6.01. The lowest BCUT2D eigenvalue weighted by molar-refractivity contribution is 0.184. The first-order valence-electron chi connectivity index (χ1n) is 6.01. The highest BCUT2D eigenvalue weighted by Crippen LogP contribution is 2.24. The van der Waals surface area contributed by atoms with E-state index in [9.17, 15) is 0 Å². The molecule has 0 aromatic carbocycles. The monoisotopic (exact) mass is 292 g/mol. The molecule has 1 saturated heterocycles. The van der Waals surface area contributed by atoms with Crippen LogP contribution >= 0.6 is 24.8 Å². The number of piperazine rings is 1. The third kappa shape index (κ3) is 4.02. The molecule has 1 atom stereocenters. The van der Waals surface area contributed by atoms with E-state index in [1.165, 1.54) is 0 Å². The molecule has 18 heavy (non-hydrogen) atoms. The molecule has 2 rings (SSSR count). The fourth-order valence-electron chi connectivity index (χ4n) is 2.15. The molecule has 5 heteroatoms. The van der Waals surface area contributed by atoms with Crippen molar-refractivity contribution < 1.29 is 4.42 Å². The summed E-state index contributed by atoms with van der Waals surface area (Å²) in [5.41, 5.74) is 0. The van der Waals surface area contributed by atoms with E-state index >= 15 is 0 Å². The quantitative estimate of drug-likeness (QED) is 0.865. The minimum absolute atomic E-state index is 0. The second-order valence-electron chi connectivity index (χ2n) is 4.12. The van der Waals surface area contributed by atoms with Gasteiger partial charge in [-0.2, -0.15) is 0 Å². The van der Waals surface area contributed by atoms with Crippen LogP contribution in [0.2, 0.25) is 0 Å². The molecule has 2 heterocycles. The van der Waals surface area contributed by atoms with Gasteiger partial charge in [-0.3, -0.25) is 4.90 Å². The summed E-state index contributed by atoms with van der Waals surface area (Å²) in [6, 6.07) is 4.36. The molecule has 1 aliphatic heterocycles. The van der Waals surface area contributed by atoms with E-state index in [-0.39, 0.29) is 30.9 Å². The molecule has 0 aliphatic carbocycles. The van der Waals surface area contributed by atoms with Crippen molar-refractivity contribution in [2.45, 2.75) is 19.4 Å². The maximum atomic E-state index is 5.81. The number of hydrogen-bond donors (Lipinski definition) is 1. The minimum atomic E-state index is 0. The number of aryl methyl sites for hydroxylation is 1. The molecule has 1 aliphatic rings. The molecule has 3 nitrogen and oxygen atoms in total. The van der Waals surface area contributed by atoms with Crippen molar-refractivity contribution >= 4 is 24.8 Å². The fourth-order valence-corrected chi connectivity index (χ4v) is 2.15. The van der Waals surface area contributed by atoms with E-state index in [1.807, 2.05) is 6.08 Å². The van der Waals surface area contributed by atoms with Crippen LogP contribution in [0.3, 0.4) is 0 Å². The Balaban J connectivity index is 0.00000144. The summed E-state index contributed by atoms with van der Waals surface area (Å²) in [5.74, 6) is 2.07. The molecular formula is C13H22Cl2N2O. The lowest BCUT2D eigenvalue weighted by Gasteiger charge is -2.31. The lowest BCUT2D eigenvalue weighted by Crippen LogP contribution is -2.44. The van der Waals surface area contributed by atoms with Gasteiger partial charge in [0, 0.05) is 32.6 Å². The van der Waals surface area contributed by atoms with Gasteiger partial charge in [0.1, 0.15) is 11.5 Å². The topological polar surface area (TPSA) is 28.4 Å². The SMILES string of the molecule is C=C[C@@H](c1ccc(CC)o1)N1CCNCC1.Cl.Cl.